The number of amides is 1. The van der Waals surface area contributed by atoms with Crippen LogP contribution in [0.3, 0.4) is 0 Å². The lowest BCUT2D eigenvalue weighted by Gasteiger charge is -2.16. The van der Waals surface area contributed by atoms with Gasteiger partial charge in [0.1, 0.15) is 23.9 Å². The van der Waals surface area contributed by atoms with E-state index in [-0.39, 0.29) is 30.1 Å². The smallest absolute Gasteiger partial charge is 0.287 e. The van der Waals surface area contributed by atoms with E-state index in [0.717, 1.165) is 0 Å². The summed E-state index contributed by atoms with van der Waals surface area (Å²) < 4.78 is 23.7. The average molecular weight is 305 g/mol. The molecule has 1 heterocycles. The SMILES string of the molecule is CC(C)C(C)NC(=O)c1ccc(COc2ccc(F)cc2)o1. The molecular weight excluding hydrogens is 285 g/mol. The molecule has 0 saturated carbocycles. The highest BCUT2D eigenvalue weighted by Gasteiger charge is 2.15. The third-order valence-corrected chi connectivity index (χ3v) is 3.44. The van der Waals surface area contributed by atoms with Gasteiger partial charge in [0.05, 0.1) is 0 Å². The van der Waals surface area contributed by atoms with E-state index in [0.29, 0.717) is 17.4 Å². The van der Waals surface area contributed by atoms with Gasteiger partial charge in [0.25, 0.3) is 5.91 Å². The van der Waals surface area contributed by atoms with E-state index in [1.54, 1.807) is 12.1 Å². The van der Waals surface area contributed by atoms with E-state index in [9.17, 15) is 9.18 Å². The first-order chi connectivity index (χ1) is 10.5. The summed E-state index contributed by atoms with van der Waals surface area (Å²) in [5.41, 5.74) is 0. The fourth-order valence-electron chi connectivity index (χ4n) is 1.71. The molecule has 0 saturated heterocycles. The Morgan fingerprint density at radius 1 is 1.18 bits per heavy atom. The zero-order chi connectivity index (χ0) is 16.1. The fraction of sp³-hybridized carbons (Fsp3) is 0.353. The molecule has 22 heavy (non-hydrogen) atoms. The number of benzene rings is 1. The van der Waals surface area contributed by atoms with Crippen LogP contribution in [0.25, 0.3) is 0 Å². The van der Waals surface area contributed by atoms with Crippen molar-refractivity contribution >= 4 is 5.91 Å². The lowest BCUT2D eigenvalue weighted by molar-refractivity contribution is 0.0898. The van der Waals surface area contributed by atoms with Crippen molar-refractivity contribution in [1.82, 2.24) is 5.32 Å². The maximum atomic E-state index is 12.8. The van der Waals surface area contributed by atoms with Crippen molar-refractivity contribution in [2.24, 2.45) is 5.92 Å². The Morgan fingerprint density at radius 2 is 1.86 bits per heavy atom. The molecule has 1 amide bonds. The molecule has 118 valence electrons. The molecule has 4 nitrogen and oxygen atoms in total. The Bertz CT molecular complexity index is 619. The molecule has 0 aliphatic rings. The van der Waals surface area contributed by atoms with Crippen molar-refractivity contribution in [1.29, 1.82) is 0 Å². The van der Waals surface area contributed by atoms with Gasteiger partial charge in [0.15, 0.2) is 5.76 Å². The first-order valence-corrected chi connectivity index (χ1v) is 7.23. The van der Waals surface area contributed by atoms with Crippen LogP contribution < -0.4 is 10.1 Å². The Kier molecular flexibility index (Phi) is 5.20. The number of carbonyl (C=O) groups is 1. The van der Waals surface area contributed by atoms with E-state index < -0.39 is 0 Å². The van der Waals surface area contributed by atoms with Gasteiger partial charge in [0.2, 0.25) is 0 Å². The molecular formula is C17H20FNO3. The van der Waals surface area contributed by atoms with Gasteiger partial charge < -0.3 is 14.5 Å². The highest BCUT2D eigenvalue weighted by Crippen LogP contribution is 2.15. The summed E-state index contributed by atoms with van der Waals surface area (Å²) in [6, 6.07) is 9.10. The molecule has 2 rings (SSSR count). The van der Waals surface area contributed by atoms with Crippen molar-refractivity contribution in [3.05, 3.63) is 53.7 Å². The third kappa shape index (κ3) is 4.35. The number of hydrogen-bond acceptors (Lipinski definition) is 3. The second-order valence-electron chi connectivity index (χ2n) is 5.51. The van der Waals surface area contributed by atoms with Crippen LogP contribution in [-0.4, -0.2) is 11.9 Å². The van der Waals surface area contributed by atoms with Gasteiger partial charge in [-0.15, -0.1) is 0 Å². The first-order valence-electron chi connectivity index (χ1n) is 7.23. The molecule has 0 aliphatic carbocycles. The highest BCUT2D eigenvalue weighted by atomic mass is 19.1. The van der Waals surface area contributed by atoms with E-state index in [1.165, 1.54) is 24.3 Å². The number of halogens is 1. The Morgan fingerprint density at radius 3 is 2.50 bits per heavy atom. The largest absolute Gasteiger partial charge is 0.486 e. The summed E-state index contributed by atoms with van der Waals surface area (Å²) in [4.78, 5) is 12.0. The van der Waals surface area contributed by atoms with Crippen LogP contribution in [0.2, 0.25) is 0 Å². The third-order valence-electron chi connectivity index (χ3n) is 3.44. The molecule has 1 aromatic heterocycles. The molecule has 0 fully saturated rings. The van der Waals surface area contributed by atoms with Gasteiger partial charge in [-0.2, -0.15) is 0 Å². The van der Waals surface area contributed by atoms with Crippen molar-refractivity contribution in [2.45, 2.75) is 33.4 Å². The van der Waals surface area contributed by atoms with E-state index in [1.807, 2.05) is 20.8 Å². The summed E-state index contributed by atoms with van der Waals surface area (Å²) in [6.07, 6.45) is 0. The molecule has 0 aliphatic heterocycles. The summed E-state index contributed by atoms with van der Waals surface area (Å²) in [5, 5.41) is 2.87. The maximum absolute atomic E-state index is 12.8. The van der Waals surface area contributed by atoms with Crippen LogP contribution in [0.15, 0.2) is 40.8 Å². The lowest BCUT2D eigenvalue weighted by atomic mass is 10.1. The first kappa shape index (κ1) is 16.1. The number of nitrogens with one attached hydrogen (secondary N) is 1. The molecule has 0 radical (unpaired) electrons. The number of ether oxygens (including phenoxy) is 1. The van der Waals surface area contributed by atoms with E-state index in [2.05, 4.69) is 5.32 Å². The summed E-state index contributed by atoms with van der Waals surface area (Å²) in [7, 11) is 0. The minimum atomic E-state index is -0.316. The molecule has 1 N–H and O–H groups in total. The van der Waals surface area contributed by atoms with Gasteiger partial charge in [-0.1, -0.05) is 13.8 Å². The Balaban J connectivity index is 1.91. The number of carbonyl (C=O) groups excluding carboxylic acids is 1. The van der Waals surface area contributed by atoms with Gasteiger partial charge >= 0.3 is 0 Å². The molecule has 1 unspecified atom stereocenters. The highest BCUT2D eigenvalue weighted by molar-refractivity contribution is 5.91. The molecule has 1 atom stereocenters. The van der Waals surface area contributed by atoms with Crippen LogP contribution in [-0.2, 0) is 6.61 Å². The zero-order valence-corrected chi connectivity index (χ0v) is 12.9. The second-order valence-corrected chi connectivity index (χ2v) is 5.51. The summed E-state index contributed by atoms with van der Waals surface area (Å²) in [5.74, 6) is 1.12. The zero-order valence-electron chi connectivity index (χ0n) is 12.9. The van der Waals surface area contributed by atoms with Crippen molar-refractivity contribution < 1.29 is 18.3 Å². The minimum Gasteiger partial charge on any atom is -0.486 e. The topological polar surface area (TPSA) is 51.5 Å². The van der Waals surface area contributed by atoms with Gasteiger partial charge in [0, 0.05) is 6.04 Å². The van der Waals surface area contributed by atoms with Crippen LogP contribution in [0.5, 0.6) is 5.75 Å². The molecule has 2 aromatic rings. The molecule has 5 heteroatoms. The second kappa shape index (κ2) is 7.11. The molecule has 0 bridgehead atoms. The van der Waals surface area contributed by atoms with E-state index in [4.69, 9.17) is 9.15 Å². The summed E-state index contributed by atoms with van der Waals surface area (Å²) >= 11 is 0. The van der Waals surface area contributed by atoms with E-state index >= 15 is 0 Å². The quantitative estimate of drug-likeness (QED) is 0.884. The minimum absolute atomic E-state index is 0.0662. The van der Waals surface area contributed by atoms with Crippen molar-refractivity contribution in [3.8, 4) is 5.75 Å². The van der Waals surface area contributed by atoms with Gasteiger partial charge in [-0.05, 0) is 49.2 Å². The van der Waals surface area contributed by atoms with Crippen LogP contribution in [0.1, 0.15) is 37.1 Å². The number of furan rings is 1. The fourth-order valence-corrected chi connectivity index (χ4v) is 1.71. The monoisotopic (exact) mass is 305 g/mol. The predicted molar refractivity (Wildman–Crippen MR) is 81.2 cm³/mol. The van der Waals surface area contributed by atoms with Crippen molar-refractivity contribution in [2.75, 3.05) is 0 Å². The molecule has 0 spiro atoms. The van der Waals surface area contributed by atoms with Crippen LogP contribution >= 0.6 is 0 Å². The van der Waals surface area contributed by atoms with Crippen molar-refractivity contribution in [3.63, 3.8) is 0 Å². The Labute approximate surface area is 129 Å². The standard InChI is InChI=1S/C17H20FNO3/c1-11(2)12(3)19-17(20)16-9-8-15(22-16)10-21-14-6-4-13(18)5-7-14/h4-9,11-12H,10H2,1-3H3,(H,19,20). The summed E-state index contributed by atoms with van der Waals surface area (Å²) in [6.45, 7) is 6.20. The maximum Gasteiger partial charge on any atom is 0.287 e. The van der Waals surface area contributed by atoms with Crippen LogP contribution in [0.4, 0.5) is 4.39 Å². The average Bonchev–Trinajstić information content (AvgIpc) is 2.95. The Hall–Kier alpha value is -2.30. The van der Waals surface area contributed by atoms with Gasteiger partial charge in [-0.3, -0.25) is 4.79 Å². The number of hydrogen-bond donors (Lipinski definition) is 1. The molecule has 1 aromatic carbocycles. The lowest BCUT2D eigenvalue weighted by Crippen LogP contribution is -2.35. The predicted octanol–water partition coefficient (Wildman–Crippen LogP) is 3.77. The number of rotatable bonds is 6. The normalized spacial score (nSPS) is 12.2. The van der Waals surface area contributed by atoms with Crippen LogP contribution in [0, 0.1) is 11.7 Å². The van der Waals surface area contributed by atoms with Gasteiger partial charge in [-0.25, -0.2) is 4.39 Å².